The maximum absolute atomic E-state index is 13.1. The second-order valence-corrected chi connectivity index (χ2v) is 8.09. The normalized spacial score (nSPS) is 20.0. The van der Waals surface area contributed by atoms with Crippen molar-refractivity contribution in [2.24, 2.45) is 17.1 Å². The molecule has 2 aliphatic heterocycles. The van der Waals surface area contributed by atoms with Crippen molar-refractivity contribution in [3.8, 4) is 11.5 Å². The summed E-state index contributed by atoms with van der Waals surface area (Å²) in [6, 6.07) is 6.06. The monoisotopic (exact) mass is 390 g/mol. The van der Waals surface area contributed by atoms with Gasteiger partial charge in [-0.25, -0.2) is 0 Å². The molecule has 0 unspecified atom stereocenters. The number of nitrogens with zero attached hydrogens (tertiary/aromatic N) is 1. The van der Waals surface area contributed by atoms with Crippen LogP contribution in [-0.2, 0) is 16.0 Å². The third kappa shape index (κ3) is 4.78. The maximum Gasteiger partial charge on any atom is 0.230 e. The molecule has 1 amide bonds. The van der Waals surface area contributed by atoms with E-state index in [0.717, 1.165) is 63.1 Å². The minimum Gasteiger partial charge on any atom is -0.497 e. The van der Waals surface area contributed by atoms with Crippen LogP contribution in [-0.4, -0.2) is 57.9 Å². The van der Waals surface area contributed by atoms with Crippen LogP contribution in [0.5, 0.6) is 11.5 Å². The van der Waals surface area contributed by atoms with Gasteiger partial charge in [-0.05, 0) is 62.1 Å². The van der Waals surface area contributed by atoms with Gasteiger partial charge >= 0.3 is 0 Å². The number of benzene rings is 1. The highest BCUT2D eigenvalue weighted by Crippen LogP contribution is 2.34. The Morgan fingerprint density at radius 1 is 1.14 bits per heavy atom. The zero-order valence-corrected chi connectivity index (χ0v) is 17.2. The van der Waals surface area contributed by atoms with Crippen LogP contribution in [0.1, 0.15) is 37.7 Å². The van der Waals surface area contributed by atoms with E-state index in [-0.39, 0.29) is 5.91 Å². The number of carbonyl (C=O) groups is 1. The van der Waals surface area contributed by atoms with Crippen molar-refractivity contribution >= 4 is 5.91 Å². The Morgan fingerprint density at radius 2 is 1.75 bits per heavy atom. The van der Waals surface area contributed by atoms with E-state index in [4.69, 9.17) is 19.9 Å². The Hall–Kier alpha value is -1.79. The average molecular weight is 391 g/mol. The van der Waals surface area contributed by atoms with Crippen molar-refractivity contribution in [1.29, 1.82) is 0 Å². The molecule has 2 heterocycles. The van der Waals surface area contributed by atoms with E-state index in [1.165, 1.54) is 5.56 Å². The lowest BCUT2D eigenvalue weighted by atomic mass is 9.78. The Bertz CT molecular complexity index is 628. The predicted octanol–water partition coefficient (Wildman–Crippen LogP) is 2.63. The number of piperidine rings is 1. The van der Waals surface area contributed by atoms with Crippen molar-refractivity contribution in [2.45, 2.75) is 38.5 Å². The van der Waals surface area contributed by atoms with Gasteiger partial charge < -0.3 is 24.8 Å². The first-order chi connectivity index (χ1) is 13.6. The number of aryl methyl sites for hydroxylation is 1. The third-order valence-electron chi connectivity index (χ3n) is 6.45. The van der Waals surface area contributed by atoms with E-state index in [1.54, 1.807) is 14.2 Å². The summed E-state index contributed by atoms with van der Waals surface area (Å²) in [6.45, 7) is 3.39. The summed E-state index contributed by atoms with van der Waals surface area (Å²) in [6.07, 6.45) is 5.73. The molecule has 6 nitrogen and oxygen atoms in total. The smallest absolute Gasteiger partial charge is 0.230 e. The molecule has 0 aromatic heterocycles. The number of carbonyl (C=O) groups excluding carboxylic acids is 1. The van der Waals surface area contributed by atoms with E-state index < -0.39 is 5.41 Å². The molecule has 1 aromatic rings. The molecule has 2 saturated heterocycles. The van der Waals surface area contributed by atoms with Crippen LogP contribution in [0.2, 0.25) is 0 Å². The van der Waals surface area contributed by atoms with E-state index in [9.17, 15) is 4.79 Å². The maximum atomic E-state index is 13.1. The van der Waals surface area contributed by atoms with Crippen LogP contribution in [0.25, 0.3) is 0 Å². The van der Waals surface area contributed by atoms with Crippen molar-refractivity contribution < 1.29 is 19.0 Å². The second kappa shape index (κ2) is 9.61. The Morgan fingerprint density at radius 3 is 2.29 bits per heavy atom. The number of amides is 1. The second-order valence-electron chi connectivity index (χ2n) is 8.09. The Labute approximate surface area is 168 Å². The molecule has 0 radical (unpaired) electrons. The first kappa shape index (κ1) is 20.9. The van der Waals surface area contributed by atoms with Gasteiger partial charge in [0.2, 0.25) is 5.91 Å². The Balaban J connectivity index is 1.51. The molecular formula is C22H34N2O4. The molecule has 2 fully saturated rings. The fourth-order valence-electron chi connectivity index (χ4n) is 4.41. The van der Waals surface area contributed by atoms with Gasteiger partial charge in [0.05, 0.1) is 19.6 Å². The summed E-state index contributed by atoms with van der Waals surface area (Å²) in [5, 5.41) is 0. The summed E-state index contributed by atoms with van der Waals surface area (Å²) < 4.78 is 16.2. The van der Waals surface area contributed by atoms with Crippen LogP contribution in [0.4, 0.5) is 0 Å². The molecule has 2 aliphatic rings. The molecule has 0 atom stereocenters. The highest BCUT2D eigenvalue weighted by molar-refractivity contribution is 5.83. The third-order valence-corrected chi connectivity index (χ3v) is 6.45. The van der Waals surface area contributed by atoms with Crippen molar-refractivity contribution in [3.05, 3.63) is 23.8 Å². The highest BCUT2D eigenvalue weighted by Gasteiger charge is 2.42. The van der Waals surface area contributed by atoms with Crippen LogP contribution in [0.15, 0.2) is 18.2 Å². The van der Waals surface area contributed by atoms with Crippen LogP contribution < -0.4 is 15.2 Å². The molecule has 0 saturated carbocycles. The lowest BCUT2D eigenvalue weighted by molar-refractivity contribution is -0.148. The summed E-state index contributed by atoms with van der Waals surface area (Å²) in [7, 11) is 3.36. The fraction of sp³-hybridized carbons (Fsp3) is 0.682. The van der Waals surface area contributed by atoms with Crippen LogP contribution in [0, 0.1) is 11.3 Å². The van der Waals surface area contributed by atoms with Gasteiger partial charge in [0.15, 0.2) is 0 Å². The van der Waals surface area contributed by atoms with E-state index in [1.807, 2.05) is 11.0 Å². The first-order valence-electron chi connectivity index (χ1n) is 10.4. The van der Waals surface area contributed by atoms with Crippen molar-refractivity contribution in [2.75, 3.05) is 47.1 Å². The largest absolute Gasteiger partial charge is 0.497 e. The number of ether oxygens (including phenoxy) is 3. The zero-order valence-electron chi connectivity index (χ0n) is 17.2. The molecule has 28 heavy (non-hydrogen) atoms. The van der Waals surface area contributed by atoms with E-state index >= 15 is 0 Å². The molecule has 0 spiro atoms. The quantitative estimate of drug-likeness (QED) is 0.775. The number of rotatable bonds is 7. The molecule has 0 aliphatic carbocycles. The first-order valence-corrected chi connectivity index (χ1v) is 10.4. The van der Waals surface area contributed by atoms with Gasteiger partial charge in [0.25, 0.3) is 0 Å². The lowest BCUT2D eigenvalue weighted by Crippen LogP contribution is -2.52. The number of likely N-dealkylation sites (tertiary alicyclic amines) is 1. The summed E-state index contributed by atoms with van der Waals surface area (Å²) >= 11 is 0. The Kier molecular flexibility index (Phi) is 7.18. The average Bonchev–Trinajstić information content (AvgIpc) is 2.77. The lowest BCUT2D eigenvalue weighted by Gasteiger charge is -2.41. The van der Waals surface area contributed by atoms with Crippen LogP contribution in [0.3, 0.4) is 0 Å². The van der Waals surface area contributed by atoms with Gasteiger partial charge in [-0.1, -0.05) is 0 Å². The van der Waals surface area contributed by atoms with E-state index in [2.05, 4.69) is 12.1 Å². The zero-order chi connectivity index (χ0) is 20.0. The fourth-order valence-corrected chi connectivity index (χ4v) is 4.41. The molecule has 156 valence electrons. The van der Waals surface area contributed by atoms with Crippen molar-refractivity contribution in [1.82, 2.24) is 4.90 Å². The minimum absolute atomic E-state index is 0.245. The molecule has 3 rings (SSSR count). The molecule has 1 aromatic carbocycles. The number of nitrogens with two attached hydrogens (primary N) is 1. The molecule has 2 N–H and O–H groups in total. The van der Waals surface area contributed by atoms with E-state index in [0.29, 0.717) is 25.7 Å². The van der Waals surface area contributed by atoms with Gasteiger partial charge in [-0.2, -0.15) is 0 Å². The standard InChI is InChI=1S/C22H34N2O4/c1-26-19-13-18(14-20(15-19)27-2)4-3-17-5-9-24(10-6-17)21(25)22(16-23)7-11-28-12-8-22/h13-15,17H,3-12,16,23H2,1-2H3. The van der Waals surface area contributed by atoms with Crippen molar-refractivity contribution in [3.63, 3.8) is 0 Å². The van der Waals surface area contributed by atoms with Gasteiger partial charge in [0, 0.05) is 38.9 Å². The number of hydrogen-bond acceptors (Lipinski definition) is 5. The summed E-state index contributed by atoms with van der Waals surface area (Å²) in [5.74, 6) is 2.55. The molecule has 6 heteroatoms. The van der Waals surface area contributed by atoms with Gasteiger partial charge in [-0.3, -0.25) is 4.79 Å². The SMILES string of the molecule is COc1cc(CCC2CCN(C(=O)C3(CN)CCOCC3)CC2)cc(OC)c1. The predicted molar refractivity (Wildman–Crippen MR) is 109 cm³/mol. The topological polar surface area (TPSA) is 74.0 Å². The van der Waals surface area contributed by atoms with Gasteiger partial charge in [-0.15, -0.1) is 0 Å². The summed E-state index contributed by atoms with van der Waals surface area (Å²) in [4.78, 5) is 15.1. The minimum atomic E-state index is -0.401. The molecule has 0 bridgehead atoms. The number of methoxy groups -OCH3 is 2. The number of hydrogen-bond donors (Lipinski definition) is 1. The highest BCUT2D eigenvalue weighted by atomic mass is 16.5. The molecular weight excluding hydrogens is 356 g/mol. The van der Waals surface area contributed by atoms with Gasteiger partial charge in [0.1, 0.15) is 11.5 Å². The summed E-state index contributed by atoms with van der Waals surface area (Å²) in [5.41, 5.74) is 6.84. The van der Waals surface area contributed by atoms with Crippen LogP contribution >= 0.6 is 0 Å².